The second-order valence-corrected chi connectivity index (χ2v) is 5.37. The van der Waals surface area contributed by atoms with Crippen LogP contribution in [0.2, 0.25) is 0 Å². The first-order valence-corrected chi connectivity index (χ1v) is 6.60. The van der Waals surface area contributed by atoms with Crippen molar-refractivity contribution in [3.8, 4) is 0 Å². The smallest absolute Gasteiger partial charge is 0.0277 e. The van der Waals surface area contributed by atoms with Gasteiger partial charge >= 0.3 is 0 Å². The van der Waals surface area contributed by atoms with E-state index in [4.69, 9.17) is 5.73 Å². The standard InChI is InChI=1S/C11H16BrNS/c1-3-6-14-11-7-9(12)4-5-10(11)8(2)13/h4-5,7-8H,3,6,13H2,1-2H3. The van der Waals surface area contributed by atoms with Crippen LogP contribution in [0.5, 0.6) is 0 Å². The summed E-state index contributed by atoms with van der Waals surface area (Å²) >= 11 is 5.36. The third kappa shape index (κ3) is 3.30. The zero-order chi connectivity index (χ0) is 10.6. The normalized spacial score (nSPS) is 12.9. The number of hydrogen-bond acceptors (Lipinski definition) is 2. The molecule has 1 unspecified atom stereocenters. The molecule has 1 rings (SSSR count). The van der Waals surface area contributed by atoms with Gasteiger partial charge in [-0.3, -0.25) is 0 Å². The third-order valence-corrected chi connectivity index (χ3v) is 3.70. The summed E-state index contributed by atoms with van der Waals surface area (Å²) in [5.74, 6) is 1.15. The summed E-state index contributed by atoms with van der Waals surface area (Å²) < 4.78 is 1.13. The van der Waals surface area contributed by atoms with Gasteiger partial charge in [-0.2, -0.15) is 0 Å². The molecule has 0 radical (unpaired) electrons. The van der Waals surface area contributed by atoms with Crippen molar-refractivity contribution < 1.29 is 0 Å². The van der Waals surface area contributed by atoms with E-state index in [0.717, 1.165) is 10.2 Å². The number of thioether (sulfide) groups is 1. The van der Waals surface area contributed by atoms with E-state index in [1.54, 1.807) is 0 Å². The average Bonchev–Trinajstić information content (AvgIpc) is 2.14. The molecule has 0 aromatic heterocycles. The average molecular weight is 274 g/mol. The van der Waals surface area contributed by atoms with Gasteiger partial charge in [-0.15, -0.1) is 11.8 Å². The molecule has 1 aromatic rings. The Labute approximate surface area is 98.6 Å². The Morgan fingerprint density at radius 1 is 1.50 bits per heavy atom. The van der Waals surface area contributed by atoms with E-state index in [0.29, 0.717) is 0 Å². The maximum absolute atomic E-state index is 5.91. The van der Waals surface area contributed by atoms with Gasteiger partial charge in [0.25, 0.3) is 0 Å². The number of benzene rings is 1. The first-order chi connectivity index (χ1) is 6.65. The van der Waals surface area contributed by atoms with Crippen LogP contribution in [-0.2, 0) is 0 Å². The molecule has 0 aliphatic heterocycles. The lowest BCUT2D eigenvalue weighted by molar-refractivity contribution is 0.796. The van der Waals surface area contributed by atoms with Gasteiger partial charge in [0.2, 0.25) is 0 Å². The highest BCUT2D eigenvalue weighted by Crippen LogP contribution is 2.29. The lowest BCUT2D eigenvalue weighted by Gasteiger charge is -2.12. The highest BCUT2D eigenvalue weighted by atomic mass is 79.9. The Balaban J connectivity index is 2.91. The Morgan fingerprint density at radius 3 is 2.79 bits per heavy atom. The van der Waals surface area contributed by atoms with Crippen molar-refractivity contribution in [1.29, 1.82) is 0 Å². The summed E-state index contributed by atoms with van der Waals surface area (Å²) in [6.07, 6.45) is 1.19. The highest BCUT2D eigenvalue weighted by Gasteiger charge is 2.07. The van der Waals surface area contributed by atoms with Gasteiger partial charge in [-0.1, -0.05) is 28.9 Å². The monoisotopic (exact) mass is 273 g/mol. The van der Waals surface area contributed by atoms with Crippen LogP contribution in [-0.4, -0.2) is 5.75 Å². The molecule has 1 atom stereocenters. The van der Waals surface area contributed by atoms with E-state index in [1.807, 2.05) is 18.7 Å². The quantitative estimate of drug-likeness (QED) is 0.841. The maximum atomic E-state index is 5.91. The molecule has 3 heteroatoms. The van der Waals surface area contributed by atoms with Crippen LogP contribution in [0.15, 0.2) is 27.6 Å². The molecule has 1 nitrogen and oxygen atoms in total. The number of nitrogens with two attached hydrogens (primary N) is 1. The lowest BCUT2D eigenvalue weighted by atomic mass is 10.1. The molecular formula is C11H16BrNS. The van der Waals surface area contributed by atoms with E-state index in [1.165, 1.54) is 16.9 Å². The van der Waals surface area contributed by atoms with E-state index in [9.17, 15) is 0 Å². The Kier molecular flexibility index (Phi) is 4.99. The molecule has 2 N–H and O–H groups in total. The molecule has 14 heavy (non-hydrogen) atoms. The molecule has 0 aliphatic rings. The minimum absolute atomic E-state index is 0.113. The second-order valence-electron chi connectivity index (χ2n) is 3.32. The molecule has 1 aromatic carbocycles. The Hall–Kier alpha value is 0.01000. The number of halogens is 1. The highest BCUT2D eigenvalue weighted by molar-refractivity contribution is 9.10. The molecule has 0 spiro atoms. The van der Waals surface area contributed by atoms with Gasteiger partial charge in [0.1, 0.15) is 0 Å². The van der Waals surface area contributed by atoms with Crippen LogP contribution in [0.3, 0.4) is 0 Å². The van der Waals surface area contributed by atoms with Crippen LogP contribution in [0, 0.1) is 0 Å². The predicted octanol–water partition coefficient (Wildman–Crippen LogP) is 3.97. The van der Waals surface area contributed by atoms with Gasteiger partial charge in [0.15, 0.2) is 0 Å². The summed E-state index contributed by atoms with van der Waals surface area (Å²) in [4.78, 5) is 1.30. The topological polar surface area (TPSA) is 26.0 Å². The molecule has 0 fully saturated rings. The second kappa shape index (κ2) is 5.79. The van der Waals surface area contributed by atoms with Crippen molar-refractivity contribution in [2.45, 2.75) is 31.2 Å². The van der Waals surface area contributed by atoms with Gasteiger partial charge < -0.3 is 5.73 Å². The van der Waals surface area contributed by atoms with Crippen molar-refractivity contribution in [3.05, 3.63) is 28.2 Å². The van der Waals surface area contributed by atoms with E-state index in [2.05, 4.69) is 41.1 Å². The summed E-state index contributed by atoms with van der Waals surface area (Å²) in [5.41, 5.74) is 7.15. The summed E-state index contributed by atoms with van der Waals surface area (Å²) in [7, 11) is 0. The van der Waals surface area contributed by atoms with E-state index < -0.39 is 0 Å². The molecule has 0 heterocycles. The number of rotatable bonds is 4. The zero-order valence-electron chi connectivity index (χ0n) is 8.59. The molecular weight excluding hydrogens is 258 g/mol. The summed E-state index contributed by atoms with van der Waals surface area (Å²) in [6.45, 7) is 4.22. The van der Waals surface area contributed by atoms with Gasteiger partial charge in [0, 0.05) is 15.4 Å². The van der Waals surface area contributed by atoms with Gasteiger partial charge in [-0.25, -0.2) is 0 Å². The fourth-order valence-corrected chi connectivity index (χ4v) is 2.79. The van der Waals surface area contributed by atoms with Crippen molar-refractivity contribution >= 4 is 27.7 Å². The maximum Gasteiger partial charge on any atom is 0.0277 e. The van der Waals surface area contributed by atoms with Crippen molar-refractivity contribution in [1.82, 2.24) is 0 Å². The fourth-order valence-electron chi connectivity index (χ4n) is 1.22. The van der Waals surface area contributed by atoms with Crippen LogP contribution >= 0.6 is 27.7 Å². The number of hydrogen-bond donors (Lipinski definition) is 1. The molecule has 0 saturated carbocycles. The molecule has 0 bridgehead atoms. The van der Waals surface area contributed by atoms with Gasteiger partial charge in [-0.05, 0) is 36.8 Å². The SMILES string of the molecule is CCCSc1cc(Br)ccc1C(C)N. The minimum atomic E-state index is 0.113. The first-order valence-electron chi connectivity index (χ1n) is 4.83. The van der Waals surface area contributed by atoms with Crippen LogP contribution in [0.4, 0.5) is 0 Å². The van der Waals surface area contributed by atoms with Crippen LogP contribution in [0.25, 0.3) is 0 Å². The molecule has 0 aliphatic carbocycles. The minimum Gasteiger partial charge on any atom is -0.324 e. The summed E-state index contributed by atoms with van der Waals surface area (Å²) in [6, 6.07) is 6.42. The van der Waals surface area contributed by atoms with Gasteiger partial charge in [0.05, 0.1) is 0 Å². The fraction of sp³-hybridized carbons (Fsp3) is 0.455. The third-order valence-electron chi connectivity index (χ3n) is 1.93. The van der Waals surface area contributed by atoms with Crippen LogP contribution in [0.1, 0.15) is 31.9 Å². The Morgan fingerprint density at radius 2 is 2.21 bits per heavy atom. The van der Waals surface area contributed by atoms with Crippen LogP contribution < -0.4 is 5.73 Å². The van der Waals surface area contributed by atoms with Crippen molar-refractivity contribution in [2.24, 2.45) is 5.73 Å². The molecule has 78 valence electrons. The zero-order valence-corrected chi connectivity index (χ0v) is 11.0. The molecule has 0 saturated heterocycles. The predicted molar refractivity (Wildman–Crippen MR) is 67.8 cm³/mol. The van der Waals surface area contributed by atoms with Crippen molar-refractivity contribution in [3.63, 3.8) is 0 Å². The summed E-state index contributed by atoms with van der Waals surface area (Å²) in [5, 5.41) is 0. The van der Waals surface area contributed by atoms with Crippen molar-refractivity contribution in [2.75, 3.05) is 5.75 Å². The molecule has 0 amide bonds. The Bertz CT molecular complexity index is 299. The first kappa shape index (κ1) is 12.1. The van der Waals surface area contributed by atoms with E-state index in [-0.39, 0.29) is 6.04 Å². The van der Waals surface area contributed by atoms with E-state index >= 15 is 0 Å². The lowest BCUT2D eigenvalue weighted by Crippen LogP contribution is -2.06. The largest absolute Gasteiger partial charge is 0.324 e.